The fraction of sp³-hybridized carbons (Fsp3) is 0.545. The Morgan fingerprint density at radius 3 is 2.89 bits per heavy atom. The van der Waals surface area contributed by atoms with Gasteiger partial charge in [0.1, 0.15) is 17.3 Å². The van der Waals surface area contributed by atoms with E-state index in [4.69, 9.17) is 16.3 Å². The molecule has 0 saturated heterocycles. The zero-order chi connectivity index (χ0) is 13.3. The van der Waals surface area contributed by atoms with Crippen LogP contribution in [0.4, 0.5) is 5.82 Å². The number of aromatic nitrogens is 4. The van der Waals surface area contributed by atoms with Crippen LogP contribution >= 0.6 is 11.6 Å². The minimum Gasteiger partial charge on any atom is -0.382 e. The van der Waals surface area contributed by atoms with Crippen LogP contribution in [0.5, 0.6) is 0 Å². The Hall–Kier alpha value is -1.40. The fourth-order valence-corrected chi connectivity index (χ4v) is 1.93. The Morgan fingerprint density at radius 2 is 2.22 bits per heavy atom. The second-order valence-corrected chi connectivity index (χ2v) is 5.15. The Balaban J connectivity index is 2.49. The van der Waals surface area contributed by atoms with E-state index in [-0.39, 0.29) is 5.54 Å². The van der Waals surface area contributed by atoms with Crippen LogP contribution in [0.25, 0.3) is 5.78 Å². The highest BCUT2D eigenvalue weighted by atomic mass is 35.5. The first kappa shape index (κ1) is 13.0. The Kier molecular flexibility index (Phi) is 3.41. The Labute approximate surface area is 110 Å². The second-order valence-electron chi connectivity index (χ2n) is 4.79. The van der Waals surface area contributed by atoms with Gasteiger partial charge in [-0.3, -0.25) is 0 Å². The van der Waals surface area contributed by atoms with Gasteiger partial charge in [-0.2, -0.15) is 19.6 Å². The lowest BCUT2D eigenvalue weighted by Crippen LogP contribution is -2.37. The van der Waals surface area contributed by atoms with Crippen LogP contribution in [0.3, 0.4) is 0 Å². The van der Waals surface area contributed by atoms with E-state index in [0.29, 0.717) is 17.5 Å². The minimum absolute atomic E-state index is 0.247. The molecule has 0 atom stereocenters. The summed E-state index contributed by atoms with van der Waals surface area (Å²) in [6.45, 7) is 6.52. The highest BCUT2D eigenvalue weighted by Crippen LogP contribution is 2.24. The van der Waals surface area contributed by atoms with Crippen molar-refractivity contribution in [3.05, 3.63) is 17.0 Å². The number of nitrogens with one attached hydrogen (secondary N) is 1. The molecule has 0 radical (unpaired) electrons. The first-order valence-electron chi connectivity index (χ1n) is 5.57. The molecule has 18 heavy (non-hydrogen) atoms. The molecule has 6 nitrogen and oxygen atoms in total. The molecule has 0 aliphatic carbocycles. The summed E-state index contributed by atoms with van der Waals surface area (Å²) in [7, 11) is 1.67. The van der Waals surface area contributed by atoms with E-state index >= 15 is 0 Å². The van der Waals surface area contributed by atoms with Crippen LogP contribution in [0.15, 0.2) is 6.33 Å². The number of halogens is 1. The third-order valence-electron chi connectivity index (χ3n) is 2.57. The Morgan fingerprint density at radius 1 is 1.50 bits per heavy atom. The van der Waals surface area contributed by atoms with Crippen LogP contribution < -0.4 is 5.32 Å². The molecule has 1 N–H and O–H groups in total. The SMILES string of the molecule is COCC(C)(C)Nc1c(C)c(Cl)nc2ncnn12. The summed E-state index contributed by atoms with van der Waals surface area (Å²) in [6, 6.07) is 0. The molecule has 0 aliphatic rings. The lowest BCUT2D eigenvalue weighted by atomic mass is 10.1. The van der Waals surface area contributed by atoms with Crippen molar-refractivity contribution in [2.45, 2.75) is 26.3 Å². The van der Waals surface area contributed by atoms with Gasteiger partial charge in [0.05, 0.1) is 12.1 Å². The summed E-state index contributed by atoms with van der Waals surface area (Å²) in [4.78, 5) is 8.20. The standard InChI is InChI=1S/C11H16ClN5O/c1-7-8(12)15-10-13-6-14-17(10)9(7)16-11(2,3)5-18-4/h6,16H,5H2,1-4H3. The van der Waals surface area contributed by atoms with Crippen molar-refractivity contribution < 1.29 is 4.74 Å². The van der Waals surface area contributed by atoms with Gasteiger partial charge in [-0.05, 0) is 20.8 Å². The van der Waals surface area contributed by atoms with Crippen molar-refractivity contribution in [3.8, 4) is 0 Å². The van der Waals surface area contributed by atoms with Crippen LogP contribution in [0, 0.1) is 6.92 Å². The highest BCUT2D eigenvalue weighted by Gasteiger charge is 2.21. The molecule has 0 unspecified atom stereocenters. The third kappa shape index (κ3) is 2.39. The maximum atomic E-state index is 6.09. The molecule has 0 bridgehead atoms. The molecule has 2 aromatic heterocycles. The lowest BCUT2D eigenvalue weighted by molar-refractivity contribution is 0.158. The summed E-state index contributed by atoms with van der Waals surface area (Å²) in [5.74, 6) is 1.26. The van der Waals surface area contributed by atoms with Crippen LogP contribution in [0.2, 0.25) is 5.15 Å². The van der Waals surface area contributed by atoms with E-state index in [1.54, 1.807) is 11.6 Å². The van der Waals surface area contributed by atoms with Crippen molar-refractivity contribution in [2.75, 3.05) is 19.0 Å². The predicted molar refractivity (Wildman–Crippen MR) is 70.1 cm³/mol. The molecule has 0 amide bonds. The van der Waals surface area contributed by atoms with Gasteiger partial charge in [-0.15, -0.1) is 0 Å². The van der Waals surface area contributed by atoms with Gasteiger partial charge < -0.3 is 10.1 Å². The van der Waals surface area contributed by atoms with Gasteiger partial charge in [-0.1, -0.05) is 11.6 Å². The highest BCUT2D eigenvalue weighted by molar-refractivity contribution is 6.30. The van der Waals surface area contributed by atoms with E-state index in [1.807, 2.05) is 20.8 Å². The average molecular weight is 270 g/mol. The molecular formula is C11H16ClN5O. The topological polar surface area (TPSA) is 64.3 Å². The van der Waals surface area contributed by atoms with Crippen molar-refractivity contribution in [2.24, 2.45) is 0 Å². The maximum Gasteiger partial charge on any atom is 0.255 e. The lowest BCUT2D eigenvalue weighted by Gasteiger charge is -2.27. The van der Waals surface area contributed by atoms with Gasteiger partial charge in [0.15, 0.2) is 0 Å². The van der Waals surface area contributed by atoms with E-state index in [9.17, 15) is 0 Å². The molecule has 2 aromatic rings. The van der Waals surface area contributed by atoms with Gasteiger partial charge in [0.25, 0.3) is 5.78 Å². The molecule has 0 spiro atoms. The third-order valence-corrected chi connectivity index (χ3v) is 2.93. The number of methoxy groups -OCH3 is 1. The smallest absolute Gasteiger partial charge is 0.255 e. The molecule has 0 aliphatic heterocycles. The number of nitrogens with zero attached hydrogens (tertiary/aromatic N) is 4. The van der Waals surface area contributed by atoms with Crippen LogP contribution in [-0.2, 0) is 4.74 Å². The number of rotatable bonds is 4. The number of hydrogen-bond donors (Lipinski definition) is 1. The largest absolute Gasteiger partial charge is 0.382 e. The number of fused-ring (bicyclic) bond motifs is 1. The monoisotopic (exact) mass is 269 g/mol. The minimum atomic E-state index is -0.247. The normalized spacial score (nSPS) is 12.1. The summed E-state index contributed by atoms with van der Waals surface area (Å²) in [6.07, 6.45) is 1.45. The molecule has 0 saturated carbocycles. The summed E-state index contributed by atoms with van der Waals surface area (Å²) >= 11 is 6.09. The first-order valence-corrected chi connectivity index (χ1v) is 5.95. The van der Waals surface area contributed by atoms with E-state index in [0.717, 1.165) is 11.4 Å². The number of ether oxygens (including phenoxy) is 1. The second kappa shape index (κ2) is 4.70. The molecule has 0 fully saturated rings. The zero-order valence-electron chi connectivity index (χ0n) is 10.9. The van der Waals surface area contributed by atoms with Gasteiger partial charge in [0.2, 0.25) is 0 Å². The molecule has 98 valence electrons. The number of anilines is 1. The molecule has 2 rings (SSSR count). The van der Waals surface area contributed by atoms with Crippen molar-refractivity contribution in [3.63, 3.8) is 0 Å². The number of hydrogen-bond acceptors (Lipinski definition) is 5. The quantitative estimate of drug-likeness (QED) is 0.859. The summed E-state index contributed by atoms with van der Waals surface area (Å²) < 4.78 is 6.82. The van der Waals surface area contributed by atoms with Crippen LogP contribution in [-0.4, -0.2) is 38.8 Å². The van der Waals surface area contributed by atoms with Crippen molar-refractivity contribution in [1.29, 1.82) is 0 Å². The first-order chi connectivity index (χ1) is 8.44. The van der Waals surface area contributed by atoms with E-state index in [2.05, 4.69) is 20.4 Å². The van der Waals surface area contributed by atoms with E-state index in [1.165, 1.54) is 6.33 Å². The van der Waals surface area contributed by atoms with Gasteiger partial charge >= 0.3 is 0 Å². The predicted octanol–water partition coefficient (Wildman–Crippen LogP) is 1.92. The van der Waals surface area contributed by atoms with Crippen molar-refractivity contribution in [1.82, 2.24) is 19.6 Å². The van der Waals surface area contributed by atoms with E-state index < -0.39 is 0 Å². The average Bonchev–Trinajstić information content (AvgIpc) is 2.72. The zero-order valence-corrected chi connectivity index (χ0v) is 11.6. The summed E-state index contributed by atoms with van der Waals surface area (Å²) in [5.41, 5.74) is 0.585. The maximum absolute atomic E-state index is 6.09. The Bertz CT molecular complexity index is 566. The summed E-state index contributed by atoms with van der Waals surface area (Å²) in [5, 5.41) is 7.94. The molecule has 7 heteroatoms. The van der Waals surface area contributed by atoms with Gasteiger partial charge in [0, 0.05) is 12.7 Å². The fourth-order valence-electron chi connectivity index (χ4n) is 1.76. The van der Waals surface area contributed by atoms with Gasteiger partial charge in [-0.25, -0.2) is 0 Å². The molecular weight excluding hydrogens is 254 g/mol. The van der Waals surface area contributed by atoms with Crippen molar-refractivity contribution >= 4 is 23.2 Å². The molecule has 0 aromatic carbocycles. The van der Waals surface area contributed by atoms with Crippen LogP contribution in [0.1, 0.15) is 19.4 Å². The molecule has 2 heterocycles.